The molecule has 1 aliphatic rings. The molecule has 0 aromatic carbocycles. The number of aliphatic hydroxyl groups is 5. The molecule has 0 saturated heterocycles. The quantitative estimate of drug-likeness (QED) is 0.0192. The first-order valence-corrected chi connectivity index (χ1v) is 21.5. The number of aliphatic hydroxyl groups excluding tert-OH is 5. The molecule has 1 rings (SSSR count). The first kappa shape index (κ1) is 48.6. The Morgan fingerprint density at radius 1 is 0.577 bits per heavy atom. The molecule has 6 unspecified atom stereocenters. The normalized spacial score (nSPS) is 23.8. The molecule has 306 valence electrons. The molecule has 0 radical (unpaired) electrons. The van der Waals surface area contributed by atoms with Gasteiger partial charge in [-0.3, -0.25) is 18.6 Å². The van der Waals surface area contributed by atoms with E-state index >= 15 is 0 Å². The second-order valence-corrected chi connectivity index (χ2v) is 15.5. The number of esters is 2. The topological polar surface area (TPSA) is 210 Å². The fourth-order valence-corrected chi connectivity index (χ4v) is 7.02. The molecule has 6 atom stereocenters. The number of carbonyl (C=O) groups excluding carboxylic acids is 2. The van der Waals surface area contributed by atoms with Crippen LogP contribution in [0.3, 0.4) is 0 Å². The summed E-state index contributed by atoms with van der Waals surface area (Å²) in [6.45, 7) is 3.12. The zero-order valence-electron chi connectivity index (χ0n) is 31.9. The predicted molar refractivity (Wildman–Crippen MR) is 198 cm³/mol. The number of hydrogen-bond acceptors (Lipinski definition) is 12. The summed E-state index contributed by atoms with van der Waals surface area (Å²) >= 11 is 0. The lowest BCUT2D eigenvalue weighted by Gasteiger charge is -2.41. The van der Waals surface area contributed by atoms with E-state index in [1.54, 1.807) is 0 Å². The minimum atomic E-state index is -5.09. The van der Waals surface area contributed by atoms with Crippen LogP contribution in [0.15, 0.2) is 12.2 Å². The van der Waals surface area contributed by atoms with E-state index in [0.717, 1.165) is 51.4 Å². The summed E-state index contributed by atoms with van der Waals surface area (Å²) in [6, 6.07) is 0. The maximum absolute atomic E-state index is 12.7. The molecule has 0 spiro atoms. The maximum Gasteiger partial charge on any atom is 0.472 e. The van der Waals surface area contributed by atoms with Crippen molar-refractivity contribution >= 4 is 19.8 Å². The Morgan fingerprint density at radius 2 is 0.981 bits per heavy atom. The summed E-state index contributed by atoms with van der Waals surface area (Å²) in [7, 11) is -5.09. The van der Waals surface area contributed by atoms with E-state index in [2.05, 4.69) is 19.1 Å². The average molecular weight is 767 g/mol. The summed E-state index contributed by atoms with van der Waals surface area (Å²) in [5, 5.41) is 49.8. The van der Waals surface area contributed by atoms with Gasteiger partial charge in [0, 0.05) is 12.8 Å². The third kappa shape index (κ3) is 22.7. The number of allylic oxidation sites excluding steroid dienone is 2. The van der Waals surface area contributed by atoms with Crippen LogP contribution in [0.25, 0.3) is 0 Å². The van der Waals surface area contributed by atoms with E-state index in [1.807, 2.05) is 6.92 Å². The molecule has 0 aromatic rings. The minimum Gasteiger partial charge on any atom is -0.462 e. The van der Waals surface area contributed by atoms with Crippen LogP contribution in [-0.4, -0.2) is 98.3 Å². The second-order valence-electron chi connectivity index (χ2n) is 14.1. The lowest BCUT2D eigenvalue weighted by atomic mass is 9.85. The lowest BCUT2D eigenvalue weighted by molar-refractivity contribution is -0.220. The van der Waals surface area contributed by atoms with Crippen LogP contribution >= 0.6 is 7.82 Å². The highest BCUT2D eigenvalue weighted by Gasteiger charge is 2.51. The SMILES string of the molecule is CCCCCCCC/C=C\CCCCCCCCCCCC(=O)OC(COC(=O)CCCCCC)COP(=O)(O)OC1C(O)C(O)C(O)C(O)C1O. The van der Waals surface area contributed by atoms with Crippen molar-refractivity contribution in [3.05, 3.63) is 12.2 Å². The van der Waals surface area contributed by atoms with Crippen LogP contribution in [0.5, 0.6) is 0 Å². The van der Waals surface area contributed by atoms with E-state index in [9.17, 15) is 44.6 Å². The van der Waals surface area contributed by atoms with Crippen molar-refractivity contribution in [2.45, 2.75) is 204 Å². The Labute approximate surface area is 312 Å². The van der Waals surface area contributed by atoms with Gasteiger partial charge in [0.25, 0.3) is 0 Å². The Bertz CT molecular complexity index is 980. The third-order valence-corrected chi connectivity index (χ3v) is 10.3. The zero-order chi connectivity index (χ0) is 38.6. The largest absolute Gasteiger partial charge is 0.472 e. The molecule has 0 amide bonds. The van der Waals surface area contributed by atoms with Gasteiger partial charge in [-0.05, 0) is 38.5 Å². The molecule has 0 aliphatic heterocycles. The lowest BCUT2D eigenvalue weighted by Crippen LogP contribution is -2.64. The van der Waals surface area contributed by atoms with Gasteiger partial charge in [0.1, 0.15) is 43.2 Å². The van der Waals surface area contributed by atoms with Gasteiger partial charge < -0.3 is 39.9 Å². The predicted octanol–water partition coefficient (Wildman–Crippen LogP) is 6.33. The number of unbranched alkanes of at least 4 members (excludes halogenated alkanes) is 18. The molecule has 6 N–H and O–H groups in total. The van der Waals surface area contributed by atoms with Crippen molar-refractivity contribution in [1.29, 1.82) is 0 Å². The molecular weight excluding hydrogens is 695 g/mol. The Balaban J connectivity index is 2.38. The highest BCUT2D eigenvalue weighted by molar-refractivity contribution is 7.47. The van der Waals surface area contributed by atoms with Crippen LogP contribution in [0.4, 0.5) is 0 Å². The highest BCUT2D eigenvalue weighted by atomic mass is 31.2. The molecule has 13 nitrogen and oxygen atoms in total. The second kappa shape index (κ2) is 29.9. The number of ether oxygens (including phenoxy) is 2. The summed E-state index contributed by atoms with van der Waals surface area (Å²) in [5.74, 6) is -1.12. The van der Waals surface area contributed by atoms with Crippen molar-refractivity contribution in [2.24, 2.45) is 0 Å². The number of rotatable bonds is 32. The Morgan fingerprint density at radius 3 is 1.48 bits per heavy atom. The number of phosphoric ester groups is 1. The zero-order valence-corrected chi connectivity index (χ0v) is 32.8. The monoisotopic (exact) mass is 766 g/mol. The number of carbonyl (C=O) groups is 2. The maximum atomic E-state index is 12.7. The van der Waals surface area contributed by atoms with Crippen LogP contribution < -0.4 is 0 Å². The molecular formula is C38H71O13P. The van der Waals surface area contributed by atoms with Gasteiger partial charge in [0.2, 0.25) is 0 Å². The molecule has 14 heteroatoms. The van der Waals surface area contributed by atoms with Crippen molar-refractivity contribution in [3.8, 4) is 0 Å². The molecule has 0 aromatic heterocycles. The minimum absolute atomic E-state index is 0.0969. The van der Waals surface area contributed by atoms with E-state index in [1.165, 1.54) is 70.6 Å². The average Bonchev–Trinajstić information content (AvgIpc) is 3.12. The standard InChI is InChI=1S/C38H71O13P/c1-3-5-7-9-10-11-12-13-14-15-16-17-18-19-20-21-22-23-25-27-32(40)50-30(28-48-31(39)26-24-8-6-4-2)29-49-52(46,47)51-38-36(44)34(42)33(41)35(43)37(38)45/h13-14,30,33-38,41-45H,3-12,15-29H2,1-2H3,(H,46,47)/b14-13-. The first-order chi connectivity index (χ1) is 24.9. The summed E-state index contributed by atoms with van der Waals surface area (Å²) in [4.78, 5) is 35.1. The molecule has 0 heterocycles. The van der Waals surface area contributed by atoms with Gasteiger partial charge >= 0.3 is 19.8 Å². The van der Waals surface area contributed by atoms with Crippen molar-refractivity contribution in [2.75, 3.05) is 13.2 Å². The third-order valence-electron chi connectivity index (χ3n) is 9.36. The molecule has 0 bridgehead atoms. The molecule has 52 heavy (non-hydrogen) atoms. The van der Waals surface area contributed by atoms with Crippen LogP contribution in [0.1, 0.15) is 162 Å². The van der Waals surface area contributed by atoms with Crippen molar-refractivity contribution < 1.29 is 63.1 Å². The van der Waals surface area contributed by atoms with Crippen LogP contribution in [0, 0.1) is 0 Å². The van der Waals surface area contributed by atoms with E-state index < -0.39 is 75.7 Å². The van der Waals surface area contributed by atoms with Gasteiger partial charge in [-0.15, -0.1) is 0 Å². The summed E-state index contributed by atoms with van der Waals surface area (Å²) in [6.07, 6.45) is 15.1. The van der Waals surface area contributed by atoms with Crippen molar-refractivity contribution in [1.82, 2.24) is 0 Å². The van der Waals surface area contributed by atoms with Gasteiger partial charge in [0.05, 0.1) is 6.61 Å². The van der Waals surface area contributed by atoms with Gasteiger partial charge in [-0.1, -0.05) is 122 Å². The summed E-state index contributed by atoms with van der Waals surface area (Å²) in [5.41, 5.74) is 0. The van der Waals surface area contributed by atoms with Gasteiger partial charge in [0.15, 0.2) is 6.10 Å². The van der Waals surface area contributed by atoms with Crippen LogP contribution in [0.2, 0.25) is 0 Å². The van der Waals surface area contributed by atoms with Gasteiger partial charge in [-0.2, -0.15) is 0 Å². The van der Waals surface area contributed by atoms with Crippen molar-refractivity contribution in [3.63, 3.8) is 0 Å². The fourth-order valence-electron chi connectivity index (χ4n) is 6.05. The molecule has 1 saturated carbocycles. The fraction of sp³-hybridized carbons (Fsp3) is 0.895. The van der Waals surface area contributed by atoms with E-state index in [4.69, 9.17) is 18.5 Å². The number of phosphoric acid groups is 1. The Kier molecular flexibility index (Phi) is 27.9. The number of hydrogen-bond donors (Lipinski definition) is 6. The highest BCUT2D eigenvalue weighted by Crippen LogP contribution is 2.47. The smallest absolute Gasteiger partial charge is 0.462 e. The van der Waals surface area contributed by atoms with Crippen LogP contribution in [-0.2, 0) is 32.7 Å². The Hall–Kier alpha value is -1.41. The molecule has 1 fully saturated rings. The van der Waals surface area contributed by atoms with E-state index in [-0.39, 0.29) is 12.8 Å². The summed E-state index contributed by atoms with van der Waals surface area (Å²) < 4.78 is 33.1. The molecule has 1 aliphatic carbocycles. The van der Waals surface area contributed by atoms with E-state index in [0.29, 0.717) is 12.8 Å². The van der Waals surface area contributed by atoms with Gasteiger partial charge in [-0.25, -0.2) is 4.57 Å². The first-order valence-electron chi connectivity index (χ1n) is 20.0.